The predicted octanol–water partition coefficient (Wildman–Crippen LogP) is 2.78. The molecule has 0 spiro atoms. The molecule has 0 aliphatic carbocycles. The van der Waals surface area contributed by atoms with Gasteiger partial charge in [0, 0.05) is 23.9 Å². The van der Waals surface area contributed by atoms with Gasteiger partial charge in [0.2, 0.25) is 11.7 Å². The van der Waals surface area contributed by atoms with Gasteiger partial charge in [-0.15, -0.1) is 0 Å². The van der Waals surface area contributed by atoms with Gasteiger partial charge in [-0.1, -0.05) is 0 Å². The second-order valence-electron chi connectivity index (χ2n) is 5.38. The van der Waals surface area contributed by atoms with E-state index in [2.05, 4.69) is 10.6 Å². The number of rotatable bonds is 9. The van der Waals surface area contributed by atoms with Gasteiger partial charge in [0.15, 0.2) is 11.5 Å². The summed E-state index contributed by atoms with van der Waals surface area (Å²) in [7, 11) is 7.68. The van der Waals surface area contributed by atoms with Crippen LogP contribution in [0, 0.1) is 0 Å². The molecule has 2 rings (SSSR count). The molecule has 0 bridgehead atoms. The Bertz CT molecular complexity index is 769. The first-order chi connectivity index (χ1) is 13.1. The molecule has 0 radical (unpaired) electrons. The fraction of sp³-hybridized carbons (Fsp3) is 0.316. The molecule has 0 aliphatic rings. The van der Waals surface area contributed by atoms with Crippen LogP contribution in [0.25, 0.3) is 0 Å². The number of amides is 1. The SMILES string of the molecule is COc1ccc(OC)c(NC(=O)CNc2cc(OC)c(OC)c(OC)c2)c1. The molecule has 0 heterocycles. The molecule has 2 aromatic rings. The van der Waals surface area contributed by atoms with Crippen molar-refractivity contribution in [3.05, 3.63) is 30.3 Å². The number of methoxy groups -OCH3 is 5. The highest BCUT2D eigenvalue weighted by molar-refractivity contribution is 5.95. The molecule has 0 fully saturated rings. The van der Waals surface area contributed by atoms with Crippen LogP contribution in [0.3, 0.4) is 0 Å². The molecule has 0 unspecified atom stereocenters. The Morgan fingerprint density at radius 1 is 0.815 bits per heavy atom. The Balaban J connectivity index is 2.10. The van der Waals surface area contributed by atoms with E-state index in [0.717, 1.165) is 0 Å². The first-order valence-electron chi connectivity index (χ1n) is 8.12. The van der Waals surface area contributed by atoms with Gasteiger partial charge < -0.3 is 34.3 Å². The molecule has 0 aliphatic heterocycles. The maximum Gasteiger partial charge on any atom is 0.243 e. The minimum atomic E-state index is -0.254. The molecule has 0 saturated carbocycles. The lowest BCUT2D eigenvalue weighted by Crippen LogP contribution is -2.22. The molecule has 27 heavy (non-hydrogen) atoms. The van der Waals surface area contributed by atoms with Crippen molar-refractivity contribution in [2.75, 3.05) is 52.7 Å². The van der Waals surface area contributed by atoms with Gasteiger partial charge >= 0.3 is 0 Å². The highest BCUT2D eigenvalue weighted by Gasteiger charge is 2.14. The Kier molecular flexibility index (Phi) is 6.99. The molecule has 0 saturated heterocycles. The molecule has 1 amide bonds. The highest BCUT2D eigenvalue weighted by Crippen LogP contribution is 2.39. The number of ether oxygens (including phenoxy) is 5. The lowest BCUT2D eigenvalue weighted by Gasteiger charge is -2.15. The molecular formula is C19H24N2O6. The summed E-state index contributed by atoms with van der Waals surface area (Å²) in [4.78, 5) is 12.3. The largest absolute Gasteiger partial charge is 0.497 e. The van der Waals surface area contributed by atoms with Crippen molar-refractivity contribution in [3.63, 3.8) is 0 Å². The van der Waals surface area contributed by atoms with Crippen LogP contribution in [0.15, 0.2) is 30.3 Å². The molecular weight excluding hydrogens is 352 g/mol. The minimum absolute atomic E-state index is 0.0268. The Morgan fingerprint density at radius 2 is 1.44 bits per heavy atom. The van der Waals surface area contributed by atoms with Gasteiger partial charge in [0.25, 0.3) is 0 Å². The summed E-state index contributed by atoms with van der Waals surface area (Å²) in [5.74, 6) is 2.37. The average Bonchev–Trinajstić information content (AvgIpc) is 2.71. The van der Waals surface area contributed by atoms with Crippen molar-refractivity contribution in [3.8, 4) is 28.7 Å². The van der Waals surface area contributed by atoms with Crippen LogP contribution in [0.2, 0.25) is 0 Å². The smallest absolute Gasteiger partial charge is 0.243 e. The van der Waals surface area contributed by atoms with E-state index in [4.69, 9.17) is 23.7 Å². The monoisotopic (exact) mass is 376 g/mol. The van der Waals surface area contributed by atoms with Crippen molar-refractivity contribution < 1.29 is 28.5 Å². The minimum Gasteiger partial charge on any atom is -0.497 e. The van der Waals surface area contributed by atoms with Gasteiger partial charge in [-0.05, 0) is 12.1 Å². The fourth-order valence-electron chi connectivity index (χ4n) is 2.47. The normalized spacial score (nSPS) is 9.96. The third-order valence-electron chi connectivity index (χ3n) is 3.80. The number of carbonyl (C=O) groups excluding carboxylic acids is 1. The topological polar surface area (TPSA) is 87.3 Å². The Morgan fingerprint density at radius 3 is 1.96 bits per heavy atom. The average molecular weight is 376 g/mol. The lowest BCUT2D eigenvalue weighted by atomic mass is 10.2. The van der Waals surface area contributed by atoms with E-state index < -0.39 is 0 Å². The molecule has 8 nitrogen and oxygen atoms in total. The number of nitrogens with one attached hydrogen (secondary N) is 2. The van der Waals surface area contributed by atoms with Crippen molar-refractivity contribution in [1.29, 1.82) is 0 Å². The standard InChI is InChI=1S/C19H24N2O6/c1-23-13-6-7-15(24-2)14(10-13)21-18(22)11-20-12-8-16(25-3)19(27-5)17(9-12)26-4/h6-10,20H,11H2,1-5H3,(H,21,22). The third-order valence-corrected chi connectivity index (χ3v) is 3.80. The fourth-order valence-corrected chi connectivity index (χ4v) is 2.47. The van der Waals surface area contributed by atoms with Crippen molar-refractivity contribution in [2.45, 2.75) is 0 Å². The number of benzene rings is 2. The summed E-state index contributed by atoms with van der Waals surface area (Å²) in [5.41, 5.74) is 1.17. The first kappa shape index (κ1) is 20.0. The molecule has 2 aromatic carbocycles. The second kappa shape index (κ2) is 9.42. The van der Waals surface area contributed by atoms with Gasteiger partial charge in [0.05, 0.1) is 47.8 Å². The molecule has 2 N–H and O–H groups in total. The van der Waals surface area contributed by atoms with Crippen molar-refractivity contribution >= 4 is 17.3 Å². The van der Waals surface area contributed by atoms with Crippen LogP contribution in [-0.2, 0) is 4.79 Å². The van der Waals surface area contributed by atoms with Crippen molar-refractivity contribution in [1.82, 2.24) is 0 Å². The zero-order chi connectivity index (χ0) is 19.8. The van der Waals surface area contributed by atoms with Crippen LogP contribution in [0.5, 0.6) is 28.7 Å². The molecule has 0 aromatic heterocycles. The number of carbonyl (C=O) groups is 1. The zero-order valence-electron chi connectivity index (χ0n) is 16.0. The zero-order valence-corrected chi connectivity index (χ0v) is 16.0. The van der Waals surface area contributed by atoms with E-state index in [1.54, 1.807) is 37.4 Å². The third kappa shape index (κ3) is 4.87. The van der Waals surface area contributed by atoms with E-state index in [1.807, 2.05) is 0 Å². The van der Waals surface area contributed by atoms with E-state index >= 15 is 0 Å². The Labute approximate surface area is 158 Å². The van der Waals surface area contributed by atoms with E-state index in [-0.39, 0.29) is 12.5 Å². The number of hydrogen-bond acceptors (Lipinski definition) is 7. The molecule has 146 valence electrons. The summed E-state index contributed by atoms with van der Waals surface area (Å²) in [5, 5.41) is 5.82. The van der Waals surface area contributed by atoms with Crippen LogP contribution >= 0.6 is 0 Å². The van der Waals surface area contributed by atoms with E-state index in [0.29, 0.717) is 40.1 Å². The predicted molar refractivity (Wildman–Crippen MR) is 103 cm³/mol. The van der Waals surface area contributed by atoms with Gasteiger partial charge in [-0.25, -0.2) is 0 Å². The maximum absolute atomic E-state index is 12.3. The van der Waals surface area contributed by atoms with Gasteiger partial charge in [-0.3, -0.25) is 4.79 Å². The van der Waals surface area contributed by atoms with Crippen LogP contribution < -0.4 is 34.3 Å². The maximum atomic E-state index is 12.3. The van der Waals surface area contributed by atoms with Crippen LogP contribution in [-0.4, -0.2) is 48.0 Å². The molecule has 0 atom stereocenters. The summed E-state index contributed by atoms with van der Waals surface area (Å²) >= 11 is 0. The molecule has 8 heteroatoms. The van der Waals surface area contributed by atoms with E-state index in [9.17, 15) is 4.79 Å². The van der Waals surface area contributed by atoms with Gasteiger partial charge in [0.1, 0.15) is 11.5 Å². The number of anilines is 2. The van der Waals surface area contributed by atoms with Crippen LogP contribution in [0.4, 0.5) is 11.4 Å². The van der Waals surface area contributed by atoms with Gasteiger partial charge in [-0.2, -0.15) is 0 Å². The highest BCUT2D eigenvalue weighted by atomic mass is 16.5. The Hall–Kier alpha value is -3.29. The second-order valence-corrected chi connectivity index (χ2v) is 5.38. The van der Waals surface area contributed by atoms with Crippen LogP contribution in [0.1, 0.15) is 0 Å². The lowest BCUT2D eigenvalue weighted by molar-refractivity contribution is -0.114. The summed E-state index contributed by atoms with van der Waals surface area (Å²) in [6.07, 6.45) is 0. The first-order valence-corrected chi connectivity index (χ1v) is 8.12. The summed E-state index contributed by atoms with van der Waals surface area (Å²) < 4.78 is 26.3. The summed E-state index contributed by atoms with van der Waals surface area (Å²) in [6, 6.07) is 8.61. The number of hydrogen-bond donors (Lipinski definition) is 2. The summed E-state index contributed by atoms with van der Waals surface area (Å²) in [6.45, 7) is 0.0268. The van der Waals surface area contributed by atoms with E-state index in [1.165, 1.54) is 28.4 Å². The quantitative estimate of drug-likeness (QED) is 0.696. The van der Waals surface area contributed by atoms with Crippen molar-refractivity contribution in [2.24, 2.45) is 0 Å².